The summed E-state index contributed by atoms with van der Waals surface area (Å²) in [5.41, 5.74) is -1.46. The number of benzene rings is 1. The molecule has 0 atom stereocenters. The van der Waals surface area contributed by atoms with Crippen LogP contribution in [0.3, 0.4) is 0 Å². The fraction of sp³-hybridized carbons (Fsp3) is 0.368. The van der Waals surface area contributed by atoms with E-state index in [-0.39, 0.29) is 16.8 Å². The van der Waals surface area contributed by atoms with Crippen molar-refractivity contribution in [1.82, 2.24) is 10.3 Å². The summed E-state index contributed by atoms with van der Waals surface area (Å²) in [5.74, 6) is -0.658. The van der Waals surface area contributed by atoms with Gasteiger partial charge in [-0.25, -0.2) is 4.79 Å². The average Bonchev–Trinajstić information content (AvgIpc) is 2.57. The molecule has 164 valence electrons. The van der Waals surface area contributed by atoms with Gasteiger partial charge in [0.25, 0.3) is 0 Å². The molecule has 0 saturated carbocycles. The Kier molecular flexibility index (Phi) is 6.53. The zero-order chi connectivity index (χ0) is 22.7. The molecule has 0 radical (unpaired) electrons. The molecule has 0 saturated heterocycles. The summed E-state index contributed by atoms with van der Waals surface area (Å²) in [6.07, 6.45) is -9.61. The number of alkyl halides is 6. The van der Waals surface area contributed by atoms with Gasteiger partial charge < -0.3 is 14.8 Å². The molecule has 0 spiro atoms. The molecule has 1 aromatic heterocycles. The number of aromatic nitrogens is 1. The fourth-order valence-corrected chi connectivity index (χ4v) is 2.31. The van der Waals surface area contributed by atoms with Gasteiger partial charge in [0, 0.05) is 17.7 Å². The molecule has 0 aliphatic heterocycles. The number of alkyl carbamates (subject to hydrolysis) is 1. The van der Waals surface area contributed by atoms with Crippen LogP contribution in [-0.4, -0.2) is 23.0 Å². The van der Waals surface area contributed by atoms with E-state index in [0.717, 1.165) is 30.5 Å². The van der Waals surface area contributed by atoms with E-state index in [9.17, 15) is 31.1 Å². The standard InChI is InChI=1S/C19H18F6N2O3/c1-17(2,3)30-16(28)27-9-12-8-14(26-10-15(12)29-19(23,24)25)11-4-6-13(7-5-11)18(20,21)22/h4-8,10H,9H2,1-3H3,(H,27,28). The van der Waals surface area contributed by atoms with E-state index in [0.29, 0.717) is 0 Å². The van der Waals surface area contributed by atoms with Crippen LogP contribution in [0, 0.1) is 0 Å². The monoisotopic (exact) mass is 436 g/mol. The molecule has 2 rings (SSSR count). The van der Waals surface area contributed by atoms with Crippen LogP contribution >= 0.6 is 0 Å². The van der Waals surface area contributed by atoms with E-state index < -0.39 is 42.1 Å². The molecule has 5 nitrogen and oxygen atoms in total. The third-order valence-electron chi connectivity index (χ3n) is 3.50. The number of amides is 1. The van der Waals surface area contributed by atoms with Gasteiger partial charge >= 0.3 is 18.6 Å². The number of nitrogens with one attached hydrogen (secondary N) is 1. The molecule has 0 fully saturated rings. The van der Waals surface area contributed by atoms with Crippen molar-refractivity contribution >= 4 is 6.09 Å². The number of carbonyl (C=O) groups is 1. The van der Waals surface area contributed by atoms with Gasteiger partial charge in [0.15, 0.2) is 5.75 Å². The largest absolute Gasteiger partial charge is 0.573 e. The van der Waals surface area contributed by atoms with Gasteiger partial charge in [-0.05, 0) is 39.0 Å². The molecular formula is C19H18F6N2O3. The molecule has 2 aromatic rings. The second-order valence-corrected chi connectivity index (χ2v) is 7.16. The molecule has 1 amide bonds. The van der Waals surface area contributed by atoms with Crippen molar-refractivity contribution in [2.75, 3.05) is 0 Å². The highest BCUT2D eigenvalue weighted by Gasteiger charge is 2.33. The highest BCUT2D eigenvalue weighted by atomic mass is 19.4. The Morgan fingerprint density at radius 2 is 1.63 bits per heavy atom. The number of hydrogen-bond acceptors (Lipinski definition) is 4. The molecule has 30 heavy (non-hydrogen) atoms. The zero-order valence-electron chi connectivity index (χ0n) is 16.1. The Morgan fingerprint density at radius 1 is 1.03 bits per heavy atom. The Hall–Kier alpha value is -2.98. The summed E-state index contributed by atoms with van der Waals surface area (Å²) < 4.78 is 85.0. The lowest BCUT2D eigenvalue weighted by molar-refractivity contribution is -0.275. The first-order valence-corrected chi connectivity index (χ1v) is 8.53. The minimum atomic E-state index is -5.00. The predicted octanol–water partition coefficient (Wildman–Crippen LogP) is 5.69. The third kappa shape index (κ3) is 7.12. The maximum absolute atomic E-state index is 12.7. The molecule has 0 aliphatic rings. The van der Waals surface area contributed by atoms with Crippen molar-refractivity contribution in [3.05, 3.63) is 47.7 Å². The number of pyridine rings is 1. The van der Waals surface area contributed by atoms with E-state index in [2.05, 4.69) is 15.0 Å². The summed E-state index contributed by atoms with van der Waals surface area (Å²) in [6, 6.07) is 5.12. The Balaban J connectivity index is 2.31. The van der Waals surface area contributed by atoms with Crippen LogP contribution in [0.25, 0.3) is 11.3 Å². The Bertz CT molecular complexity index is 887. The van der Waals surface area contributed by atoms with Crippen molar-refractivity contribution < 1.29 is 40.6 Å². The number of rotatable bonds is 4. The molecule has 11 heteroatoms. The van der Waals surface area contributed by atoms with E-state index in [4.69, 9.17) is 4.74 Å². The molecule has 0 unspecified atom stereocenters. The van der Waals surface area contributed by atoms with Crippen molar-refractivity contribution in [3.63, 3.8) is 0 Å². The first-order valence-electron chi connectivity index (χ1n) is 8.53. The summed E-state index contributed by atoms with van der Waals surface area (Å²) >= 11 is 0. The van der Waals surface area contributed by atoms with Gasteiger partial charge in [0.1, 0.15) is 5.60 Å². The average molecular weight is 436 g/mol. The van der Waals surface area contributed by atoms with Crippen molar-refractivity contribution in [1.29, 1.82) is 0 Å². The fourth-order valence-electron chi connectivity index (χ4n) is 2.31. The molecule has 1 heterocycles. The molecule has 1 aromatic carbocycles. The first kappa shape index (κ1) is 23.3. The molecule has 0 bridgehead atoms. The first-order chi connectivity index (χ1) is 13.6. The van der Waals surface area contributed by atoms with Crippen molar-refractivity contribution in [2.45, 2.75) is 45.5 Å². The number of hydrogen-bond donors (Lipinski definition) is 1. The Morgan fingerprint density at radius 3 is 2.13 bits per heavy atom. The number of nitrogens with zero attached hydrogens (tertiary/aromatic N) is 1. The van der Waals surface area contributed by atoms with E-state index in [1.807, 2.05) is 0 Å². The minimum absolute atomic E-state index is 0.0944. The number of ether oxygens (including phenoxy) is 2. The third-order valence-corrected chi connectivity index (χ3v) is 3.50. The van der Waals surface area contributed by atoms with Crippen LogP contribution in [-0.2, 0) is 17.5 Å². The molecular weight excluding hydrogens is 418 g/mol. The van der Waals surface area contributed by atoms with Crippen LogP contribution in [0.1, 0.15) is 31.9 Å². The maximum Gasteiger partial charge on any atom is 0.573 e. The smallest absolute Gasteiger partial charge is 0.444 e. The zero-order valence-corrected chi connectivity index (χ0v) is 16.1. The minimum Gasteiger partial charge on any atom is -0.444 e. The molecule has 1 N–H and O–H groups in total. The van der Waals surface area contributed by atoms with Gasteiger partial charge in [0.2, 0.25) is 0 Å². The van der Waals surface area contributed by atoms with E-state index in [1.54, 1.807) is 20.8 Å². The number of carbonyl (C=O) groups excluding carboxylic acids is 1. The second kappa shape index (κ2) is 8.41. The van der Waals surface area contributed by atoms with Crippen LogP contribution in [0.5, 0.6) is 5.75 Å². The van der Waals surface area contributed by atoms with Crippen LogP contribution < -0.4 is 10.1 Å². The normalized spacial score (nSPS) is 12.4. The number of halogens is 6. The van der Waals surface area contributed by atoms with Crippen LogP contribution in [0.15, 0.2) is 36.5 Å². The summed E-state index contributed by atoms with van der Waals surface area (Å²) in [6.45, 7) is 4.44. The summed E-state index contributed by atoms with van der Waals surface area (Å²) in [5, 5.41) is 2.30. The second-order valence-electron chi connectivity index (χ2n) is 7.16. The summed E-state index contributed by atoms with van der Waals surface area (Å²) in [7, 11) is 0. The predicted molar refractivity (Wildman–Crippen MR) is 94.4 cm³/mol. The lowest BCUT2D eigenvalue weighted by Gasteiger charge is -2.20. The van der Waals surface area contributed by atoms with Gasteiger partial charge in [-0.15, -0.1) is 13.2 Å². The van der Waals surface area contributed by atoms with E-state index in [1.165, 1.54) is 6.07 Å². The van der Waals surface area contributed by atoms with Crippen molar-refractivity contribution in [3.8, 4) is 17.0 Å². The highest BCUT2D eigenvalue weighted by molar-refractivity contribution is 5.68. The van der Waals surface area contributed by atoms with Gasteiger partial charge in [-0.2, -0.15) is 13.2 Å². The quantitative estimate of drug-likeness (QED) is 0.626. The SMILES string of the molecule is CC(C)(C)OC(=O)NCc1cc(-c2ccc(C(F)(F)F)cc2)ncc1OC(F)(F)F. The van der Waals surface area contributed by atoms with E-state index >= 15 is 0 Å². The highest BCUT2D eigenvalue weighted by Crippen LogP contribution is 2.32. The maximum atomic E-state index is 12.7. The van der Waals surface area contributed by atoms with Gasteiger partial charge in [-0.1, -0.05) is 12.1 Å². The van der Waals surface area contributed by atoms with Crippen LogP contribution in [0.2, 0.25) is 0 Å². The molecule has 0 aliphatic carbocycles. The Labute approximate surface area is 168 Å². The van der Waals surface area contributed by atoms with Crippen molar-refractivity contribution in [2.24, 2.45) is 0 Å². The van der Waals surface area contributed by atoms with Crippen LogP contribution in [0.4, 0.5) is 31.1 Å². The topological polar surface area (TPSA) is 60.5 Å². The summed E-state index contributed by atoms with van der Waals surface area (Å²) in [4.78, 5) is 15.6. The lowest BCUT2D eigenvalue weighted by atomic mass is 10.1. The van der Waals surface area contributed by atoms with Gasteiger partial charge in [-0.3, -0.25) is 4.98 Å². The lowest BCUT2D eigenvalue weighted by Crippen LogP contribution is -2.32. The van der Waals surface area contributed by atoms with Gasteiger partial charge in [0.05, 0.1) is 17.5 Å².